The van der Waals surface area contributed by atoms with E-state index in [-0.39, 0.29) is 0 Å². The highest BCUT2D eigenvalue weighted by molar-refractivity contribution is 4.79. The van der Waals surface area contributed by atoms with Gasteiger partial charge < -0.3 is 9.84 Å². The fourth-order valence-corrected chi connectivity index (χ4v) is 1.70. The summed E-state index contributed by atoms with van der Waals surface area (Å²) in [6.07, 6.45) is 9.78. The van der Waals surface area contributed by atoms with Crippen LogP contribution in [-0.2, 0) is 4.74 Å². The topological polar surface area (TPSA) is 32.8 Å². The maximum Gasteiger partial charge on any atom is 0.0839 e. The van der Waals surface area contributed by atoms with E-state index in [0.29, 0.717) is 18.8 Å². The summed E-state index contributed by atoms with van der Waals surface area (Å²) in [6.45, 7) is 2.50. The van der Waals surface area contributed by atoms with Gasteiger partial charge in [-0.25, -0.2) is 0 Å². The summed E-state index contributed by atoms with van der Waals surface area (Å²) in [7, 11) is 0. The molecule has 0 amide bonds. The molecule has 0 saturated carbocycles. The van der Waals surface area contributed by atoms with E-state index in [1.807, 2.05) is 0 Å². The summed E-state index contributed by atoms with van der Waals surface area (Å²) in [5.41, 5.74) is 0. The second-order valence-electron chi connectivity index (χ2n) is 4.01. The average molecular weight is 186 g/mol. The van der Waals surface area contributed by atoms with Crippen LogP contribution in [0.3, 0.4) is 0 Å². The Morgan fingerprint density at radius 3 is 2.08 bits per heavy atom. The molecule has 1 saturated heterocycles. The van der Waals surface area contributed by atoms with Crippen molar-refractivity contribution in [1.82, 2.24) is 0 Å². The first-order valence-electron chi connectivity index (χ1n) is 5.61. The Morgan fingerprint density at radius 2 is 1.54 bits per heavy atom. The molecule has 1 aliphatic rings. The molecule has 0 aliphatic carbocycles. The summed E-state index contributed by atoms with van der Waals surface area (Å²) in [4.78, 5) is 0. The Balaban J connectivity index is 1.69. The van der Waals surface area contributed by atoms with Gasteiger partial charge in [0.1, 0.15) is 0 Å². The molecule has 0 aromatic heterocycles. The van der Waals surface area contributed by atoms with Crippen molar-refractivity contribution in [3.05, 3.63) is 0 Å². The number of epoxide rings is 1. The molecule has 0 radical (unpaired) electrons. The van der Waals surface area contributed by atoms with Gasteiger partial charge in [0.05, 0.1) is 12.2 Å². The van der Waals surface area contributed by atoms with E-state index < -0.39 is 0 Å². The molecule has 0 spiro atoms. The molecule has 1 fully saturated rings. The lowest BCUT2D eigenvalue weighted by atomic mass is 10.1. The van der Waals surface area contributed by atoms with Gasteiger partial charge in [-0.05, 0) is 19.8 Å². The van der Waals surface area contributed by atoms with Crippen molar-refractivity contribution in [3.63, 3.8) is 0 Å². The van der Waals surface area contributed by atoms with Gasteiger partial charge in [0.2, 0.25) is 0 Å². The third-order valence-electron chi connectivity index (χ3n) is 2.73. The Kier molecular flexibility index (Phi) is 5.40. The van der Waals surface area contributed by atoms with Crippen LogP contribution in [0, 0.1) is 0 Å². The van der Waals surface area contributed by atoms with Crippen molar-refractivity contribution >= 4 is 0 Å². The summed E-state index contributed by atoms with van der Waals surface area (Å²) in [5, 5.41) is 8.56. The summed E-state index contributed by atoms with van der Waals surface area (Å²) in [5.74, 6) is 0. The van der Waals surface area contributed by atoms with Gasteiger partial charge in [0, 0.05) is 6.61 Å². The van der Waals surface area contributed by atoms with E-state index in [0.717, 1.165) is 6.42 Å². The predicted octanol–water partition coefficient (Wildman–Crippen LogP) is 2.50. The molecule has 0 bridgehead atoms. The molecule has 2 heteroatoms. The van der Waals surface area contributed by atoms with Crippen LogP contribution in [0.2, 0.25) is 0 Å². The number of hydrogen-bond acceptors (Lipinski definition) is 2. The largest absolute Gasteiger partial charge is 0.396 e. The number of ether oxygens (including phenoxy) is 1. The Bertz CT molecular complexity index is 125. The van der Waals surface area contributed by atoms with Gasteiger partial charge in [-0.2, -0.15) is 0 Å². The summed E-state index contributed by atoms with van der Waals surface area (Å²) in [6, 6.07) is 0. The standard InChI is InChI=1S/C11H22O2/c1-10-11(13-10)8-6-4-2-3-5-7-9-12/h10-12H,2-9H2,1H3. The van der Waals surface area contributed by atoms with E-state index in [4.69, 9.17) is 9.84 Å². The monoisotopic (exact) mass is 186 g/mol. The van der Waals surface area contributed by atoms with E-state index in [9.17, 15) is 0 Å². The van der Waals surface area contributed by atoms with Crippen molar-refractivity contribution in [2.24, 2.45) is 0 Å². The number of aliphatic hydroxyl groups excluding tert-OH is 1. The fourth-order valence-electron chi connectivity index (χ4n) is 1.70. The molecule has 13 heavy (non-hydrogen) atoms. The normalized spacial score (nSPS) is 26.3. The van der Waals surface area contributed by atoms with Crippen LogP contribution in [0.5, 0.6) is 0 Å². The molecule has 2 nitrogen and oxygen atoms in total. The summed E-state index contributed by atoms with van der Waals surface area (Å²) >= 11 is 0. The first kappa shape index (κ1) is 11.0. The van der Waals surface area contributed by atoms with Gasteiger partial charge in [-0.1, -0.05) is 32.1 Å². The highest BCUT2D eigenvalue weighted by Crippen LogP contribution is 2.26. The zero-order valence-corrected chi connectivity index (χ0v) is 8.67. The van der Waals surface area contributed by atoms with Crippen LogP contribution >= 0.6 is 0 Å². The molecule has 1 N–H and O–H groups in total. The molecular weight excluding hydrogens is 164 g/mol. The van der Waals surface area contributed by atoms with Crippen LogP contribution in [0.1, 0.15) is 51.9 Å². The Hall–Kier alpha value is -0.0800. The van der Waals surface area contributed by atoms with Crippen molar-refractivity contribution in [1.29, 1.82) is 0 Å². The van der Waals surface area contributed by atoms with Gasteiger partial charge in [0.15, 0.2) is 0 Å². The molecule has 78 valence electrons. The minimum Gasteiger partial charge on any atom is -0.396 e. The number of rotatable bonds is 8. The first-order chi connectivity index (χ1) is 6.34. The van der Waals surface area contributed by atoms with Crippen molar-refractivity contribution in [3.8, 4) is 0 Å². The average Bonchev–Trinajstić information content (AvgIpc) is 2.81. The summed E-state index contributed by atoms with van der Waals surface area (Å²) < 4.78 is 5.33. The molecule has 1 rings (SSSR count). The minimum absolute atomic E-state index is 0.355. The third-order valence-corrected chi connectivity index (χ3v) is 2.73. The van der Waals surface area contributed by atoms with Gasteiger partial charge in [-0.15, -0.1) is 0 Å². The fraction of sp³-hybridized carbons (Fsp3) is 1.00. The van der Waals surface area contributed by atoms with Crippen molar-refractivity contribution in [2.75, 3.05) is 6.61 Å². The highest BCUT2D eigenvalue weighted by Gasteiger charge is 2.32. The second-order valence-corrected chi connectivity index (χ2v) is 4.01. The molecule has 2 atom stereocenters. The van der Waals surface area contributed by atoms with Crippen LogP contribution in [0.4, 0.5) is 0 Å². The lowest BCUT2D eigenvalue weighted by molar-refractivity contribution is 0.282. The van der Waals surface area contributed by atoms with E-state index in [1.165, 1.54) is 38.5 Å². The number of unbranched alkanes of at least 4 members (excludes halogenated alkanes) is 5. The maximum absolute atomic E-state index is 8.56. The molecule has 2 unspecified atom stereocenters. The quantitative estimate of drug-likeness (QED) is 0.466. The SMILES string of the molecule is CC1OC1CCCCCCCCO. The lowest BCUT2D eigenvalue weighted by Crippen LogP contribution is -1.89. The number of aliphatic hydroxyl groups is 1. The molecule has 0 aromatic carbocycles. The van der Waals surface area contributed by atoms with E-state index in [2.05, 4.69) is 6.92 Å². The predicted molar refractivity (Wildman–Crippen MR) is 53.7 cm³/mol. The number of hydrogen-bond donors (Lipinski definition) is 1. The Morgan fingerprint density at radius 1 is 1.00 bits per heavy atom. The van der Waals surface area contributed by atoms with E-state index >= 15 is 0 Å². The molecule has 1 heterocycles. The maximum atomic E-state index is 8.56. The van der Waals surface area contributed by atoms with Crippen LogP contribution < -0.4 is 0 Å². The van der Waals surface area contributed by atoms with Crippen LogP contribution in [0.15, 0.2) is 0 Å². The van der Waals surface area contributed by atoms with Crippen LogP contribution in [0.25, 0.3) is 0 Å². The van der Waals surface area contributed by atoms with Gasteiger partial charge >= 0.3 is 0 Å². The zero-order chi connectivity index (χ0) is 9.52. The second kappa shape index (κ2) is 6.39. The van der Waals surface area contributed by atoms with Crippen LogP contribution in [-0.4, -0.2) is 23.9 Å². The Labute approximate surface area is 81.3 Å². The third kappa shape index (κ3) is 5.27. The van der Waals surface area contributed by atoms with Gasteiger partial charge in [0.25, 0.3) is 0 Å². The molecule has 1 aliphatic heterocycles. The van der Waals surface area contributed by atoms with Crippen molar-refractivity contribution < 1.29 is 9.84 Å². The zero-order valence-electron chi connectivity index (χ0n) is 8.67. The smallest absolute Gasteiger partial charge is 0.0839 e. The van der Waals surface area contributed by atoms with Gasteiger partial charge in [-0.3, -0.25) is 0 Å². The molecular formula is C11H22O2. The lowest BCUT2D eigenvalue weighted by Gasteiger charge is -1.99. The van der Waals surface area contributed by atoms with Crippen molar-refractivity contribution in [2.45, 2.75) is 64.1 Å². The molecule has 0 aromatic rings. The first-order valence-corrected chi connectivity index (χ1v) is 5.61. The highest BCUT2D eigenvalue weighted by atomic mass is 16.6. The van der Waals surface area contributed by atoms with E-state index in [1.54, 1.807) is 0 Å². The minimum atomic E-state index is 0.355.